The van der Waals surface area contributed by atoms with Gasteiger partial charge in [-0.2, -0.15) is 0 Å². The predicted molar refractivity (Wildman–Crippen MR) is 77.8 cm³/mol. The fourth-order valence-corrected chi connectivity index (χ4v) is 2.87. The Kier molecular flexibility index (Phi) is 4.66. The van der Waals surface area contributed by atoms with Crippen molar-refractivity contribution >= 4 is 5.69 Å². The van der Waals surface area contributed by atoms with Crippen LogP contribution in [0.25, 0.3) is 0 Å². The third-order valence-electron chi connectivity index (χ3n) is 3.75. The average Bonchev–Trinajstić information content (AvgIpc) is 2.86. The van der Waals surface area contributed by atoms with Gasteiger partial charge in [-0.15, -0.1) is 0 Å². The second kappa shape index (κ2) is 6.26. The second-order valence-corrected chi connectivity index (χ2v) is 5.24. The summed E-state index contributed by atoms with van der Waals surface area (Å²) >= 11 is 0. The van der Waals surface area contributed by atoms with E-state index in [1.807, 2.05) is 19.1 Å². The Labute approximate surface area is 115 Å². The Bertz CT molecular complexity index is 421. The molecule has 2 rings (SSSR count). The third-order valence-corrected chi connectivity index (χ3v) is 3.75. The van der Waals surface area contributed by atoms with Crippen molar-refractivity contribution in [2.75, 3.05) is 38.8 Å². The quantitative estimate of drug-likeness (QED) is 0.885. The number of nitrogens with zero attached hydrogens (tertiary/aromatic N) is 1. The van der Waals surface area contributed by atoms with Crippen molar-refractivity contribution < 1.29 is 9.47 Å². The lowest BCUT2D eigenvalue weighted by atomic mass is 10.0. The number of benzene rings is 1. The van der Waals surface area contributed by atoms with E-state index in [2.05, 4.69) is 11.0 Å². The Balaban J connectivity index is 2.25. The molecule has 1 aliphatic heterocycles. The molecule has 1 heterocycles. The van der Waals surface area contributed by atoms with Crippen molar-refractivity contribution in [3.05, 3.63) is 23.8 Å². The molecule has 0 saturated carbocycles. The lowest BCUT2D eigenvalue weighted by Gasteiger charge is -2.25. The van der Waals surface area contributed by atoms with E-state index in [1.54, 1.807) is 14.2 Å². The summed E-state index contributed by atoms with van der Waals surface area (Å²) in [5.41, 5.74) is 8.42. The van der Waals surface area contributed by atoms with Gasteiger partial charge < -0.3 is 20.1 Å². The van der Waals surface area contributed by atoms with Crippen LogP contribution in [0, 0.1) is 5.92 Å². The molecule has 0 aromatic heterocycles. The number of nitrogens with two attached hydrogens (primary N) is 1. The number of hydrogen-bond acceptors (Lipinski definition) is 4. The van der Waals surface area contributed by atoms with E-state index >= 15 is 0 Å². The van der Waals surface area contributed by atoms with Gasteiger partial charge in [0.15, 0.2) is 0 Å². The SMILES string of the molecule is COCC1CCN(c2cccc(OC)c2[C@H](C)N)C1. The molecule has 2 atom stereocenters. The van der Waals surface area contributed by atoms with E-state index < -0.39 is 0 Å². The van der Waals surface area contributed by atoms with E-state index in [4.69, 9.17) is 15.2 Å². The Morgan fingerprint density at radius 2 is 2.21 bits per heavy atom. The summed E-state index contributed by atoms with van der Waals surface area (Å²) in [7, 11) is 3.46. The smallest absolute Gasteiger partial charge is 0.125 e. The van der Waals surface area contributed by atoms with Crippen LogP contribution in [0.5, 0.6) is 5.75 Å². The van der Waals surface area contributed by atoms with Gasteiger partial charge in [-0.3, -0.25) is 0 Å². The zero-order valence-corrected chi connectivity index (χ0v) is 12.1. The van der Waals surface area contributed by atoms with E-state index in [0.717, 1.165) is 31.0 Å². The molecule has 0 amide bonds. The lowest BCUT2D eigenvalue weighted by Crippen LogP contribution is -2.24. The van der Waals surface area contributed by atoms with Crippen LogP contribution in [0.4, 0.5) is 5.69 Å². The number of anilines is 1. The molecule has 1 saturated heterocycles. The van der Waals surface area contributed by atoms with Crippen LogP contribution in [0.2, 0.25) is 0 Å². The molecule has 1 fully saturated rings. The summed E-state index contributed by atoms with van der Waals surface area (Å²) in [6.45, 7) is 4.92. The summed E-state index contributed by atoms with van der Waals surface area (Å²) in [6, 6.07) is 6.11. The van der Waals surface area contributed by atoms with Gasteiger partial charge in [-0.25, -0.2) is 0 Å². The largest absolute Gasteiger partial charge is 0.496 e. The molecule has 0 radical (unpaired) electrons. The van der Waals surface area contributed by atoms with E-state index in [1.165, 1.54) is 12.1 Å². The molecule has 2 N–H and O–H groups in total. The molecule has 1 aliphatic rings. The third kappa shape index (κ3) is 3.01. The van der Waals surface area contributed by atoms with Gasteiger partial charge in [-0.1, -0.05) is 6.07 Å². The maximum absolute atomic E-state index is 6.12. The minimum absolute atomic E-state index is 0.0346. The first-order valence-electron chi connectivity index (χ1n) is 6.83. The highest BCUT2D eigenvalue weighted by Crippen LogP contribution is 2.36. The van der Waals surface area contributed by atoms with Crippen LogP contribution < -0.4 is 15.4 Å². The molecule has 0 spiro atoms. The molecule has 4 heteroatoms. The Morgan fingerprint density at radius 1 is 1.42 bits per heavy atom. The van der Waals surface area contributed by atoms with Crippen LogP contribution in [0.15, 0.2) is 18.2 Å². The van der Waals surface area contributed by atoms with Crippen molar-refractivity contribution in [3.8, 4) is 5.75 Å². The summed E-state index contributed by atoms with van der Waals surface area (Å²) in [5, 5.41) is 0. The lowest BCUT2D eigenvalue weighted by molar-refractivity contribution is 0.161. The topological polar surface area (TPSA) is 47.7 Å². The highest BCUT2D eigenvalue weighted by molar-refractivity contribution is 5.61. The van der Waals surface area contributed by atoms with Crippen molar-refractivity contribution in [3.63, 3.8) is 0 Å². The highest BCUT2D eigenvalue weighted by Gasteiger charge is 2.26. The molecular formula is C15H24N2O2. The first kappa shape index (κ1) is 14.2. The molecule has 4 nitrogen and oxygen atoms in total. The molecule has 19 heavy (non-hydrogen) atoms. The molecule has 0 bridgehead atoms. The molecule has 1 aromatic rings. The summed E-state index contributed by atoms with van der Waals surface area (Å²) in [4.78, 5) is 2.39. The molecule has 1 aromatic carbocycles. The maximum atomic E-state index is 6.12. The first-order chi connectivity index (χ1) is 9.17. The average molecular weight is 264 g/mol. The van der Waals surface area contributed by atoms with E-state index in [9.17, 15) is 0 Å². The predicted octanol–water partition coefficient (Wildman–Crippen LogP) is 2.19. The number of methoxy groups -OCH3 is 2. The summed E-state index contributed by atoms with van der Waals surface area (Å²) < 4.78 is 10.7. The first-order valence-corrected chi connectivity index (χ1v) is 6.83. The fraction of sp³-hybridized carbons (Fsp3) is 0.600. The monoisotopic (exact) mass is 264 g/mol. The van der Waals surface area contributed by atoms with E-state index in [-0.39, 0.29) is 6.04 Å². The zero-order valence-electron chi connectivity index (χ0n) is 12.1. The zero-order chi connectivity index (χ0) is 13.8. The fourth-order valence-electron chi connectivity index (χ4n) is 2.87. The molecule has 106 valence electrons. The summed E-state index contributed by atoms with van der Waals surface area (Å²) in [6.07, 6.45) is 1.17. The molecule has 1 unspecified atom stereocenters. The van der Waals surface area contributed by atoms with Crippen molar-refractivity contribution in [2.24, 2.45) is 11.7 Å². The van der Waals surface area contributed by atoms with Crippen molar-refractivity contribution in [2.45, 2.75) is 19.4 Å². The standard InChI is InChI=1S/C15H24N2O2/c1-11(16)15-13(5-4-6-14(15)19-3)17-8-7-12(9-17)10-18-2/h4-6,11-12H,7-10,16H2,1-3H3/t11-,12?/m0/s1. The van der Waals surface area contributed by atoms with Crippen LogP contribution in [0.3, 0.4) is 0 Å². The van der Waals surface area contributed by atoms with Gasteiger partial charge >= 0.3 is 0 Å². The Morgan fingerprint density at radius 3 is 2.84 bits per heavy atom. The van der Waals surface area contributed by atoms with Gasteiger partial charge in [0, 0.05) is 43.4 Å². The van der Waals surface area contributed by atoms with Gasteiger partial charge in [0.2, 0.25) is 0 Å². The Hall–Kier alpha value is -1.26. The number of hydrogen-bond donors (Lipinski definition) is 1. The normalized spacial score (nSPS) is 20.6. The van der Waals surface area contributed by atoms with Crippen molar-refractivity contribution in [1.29, 1.82) is 0 Å². The minimum Gasteiger partial charge on any atom is -0.496 e. The molecule has 0 aliphatic carbocycles. The highest BCUT2D eigenvalue weighted by atomic mass is 16.5. The summed E-state index contributed by atoms with van der Waals surface area (Å²) in [5.74, 6) is 1.49. The second-order valence-electron chi connectivity index (χ2n) is 5.24. The van der Waals surface area contributed by atoms with Crippen LogP contribution in [-0.2, 0) is 4.74 Å². The molecular weight excluding hydrogens is 240 g/mol. The van der Waals surface area contributed by atoms with Gasteiger partial charge in [0.1, 0.15) is 5.75 Å². The van der Waals surface area contributed by atoms with Gasteiger partial charge in [-0.05, 0) is 25.5 Å². The van der Waals surface area contributed by atoms with Crippen molar-refractivity contribution in [1.82, 2.24) is 0 Å². The van der Waals surface area contributed by atoms with Gasteiger partial charge in [0.25, 0.3) is 0 Å². The van der Waals surface area contributed by atoms with Crippen LogP contribution in [-0.4, -0.2) is 33.9 Å². The van der Waals surface area contributed by atoms with Crippen LogP contribution >= 0.6 is 0 Å². The number of ether oxygens (including phenoxy) is 2. The van der Waals surface area contributed by atoms with Gasteiger partial charge in [0.05, 0.1) is 13.7 Å². The minimum atomic E-state index is -0.0346. The van der Waals surface area contributed by atoms with Crippen LogP contribution in [0.1, 0.15) is 24.9 Å². The van der Waals surface area contributed by atoms with E-state index in [0.29, 0.717) is 5.92 Å². The number of rotatable bonds is 5. The maximum Gasteiger partial charge on any atom is 0.125 e.